The topological polar surface area (TPSA) is 82.8 Å². The zero-order chi connectivity index (χ0) is 17.3. The minimum atomic E-state index is -3.38. The van der Waals surface area contributed by atoms with Crippen molar-refractivity contribution in [1.29, 1.82) is 0 Å². The maximum Gasteiger partial charge on any atom is 0.300 e. The van der Waals surface area contributed by atoms with Gasteiger partial charge in [0.2, 0.25) is 5.65 Å². The molecule has 1 saturated heterocycles. The molecule has 0 spiro atoms. The fraction of sp³-hybridized carbons (Fsp3) is 0.600. The van der Waals surface area contributed by atoms with Crippen LogP contribution in [0.25, 0.3) is 11.2 Å². The molecule has 1 fully saturated rings. The van der Waals surface area contributed by atoms with Gasteiger partial charge in [-0.25, -0.2) is 4.98 Å². The molecule has 1 aliphatic rings. The van der Waals surface area contributed by atoms with Crippen molar-refractivity contribution in [3.63, 3.8) is 0 Å². The third-order valence-electron chi connectivity index (χ3n) is 4.25. The molecular formula is C15H23N5O3S. The molecule has 1 aliphatic heterocycles. The smallest absolute Gasteiger partial charge is 0.300 e. The van der Waals surface area contributed by atoms with Crippen molar-refractivity contribution < 1.29 is 12.8 Å². The SMILES string of the molecule is CCN(CC)S(=O)(=O)N1CCN(c2nc3nc(C)ccc3o2)CC1. The number of hydrogen-bond donors (Lipinski definition) is 0. The molecule has 0 bridgehead atoms. The molecule has 2 aromatic heterocycles. The van der Waals surface area contributed by atoms with Gasteiger partial charge in [-0.3, -0.25) is 0 Å². The van der Waals surface area contributed by atoms with Gasteiger partial charge in [0, 0.05) is 45.0 Å². The van der Waals surface area contributed by atoms with Crippen molar-refractivity contribution in [2.75, 3.05) is 44.2 Å². The van der Waals surface area contributed by atoms with E-state index in [0.29, 0.717) is 56.5 Å². The Balaban J connectivity index is 1.72. The lowest BCUT2D eigenvalue weighted by atomic mass is 10.4. The number of aromatic nitrogens is 2. The Morgan fingerprint density at radius 2 is 1.79 bits per heavy atom. The van der Waals surface area contributed by atoms with E-state index in [1.165, 1.54) is 8.61 Å². The van der Waals surface area contributed by atoms with Crippen molar-refractivity contribution in [3.05, 3.63) is 17.8 Å². The predicted octanol–water partition coefficient (Wildman–Crippen LogP) is 1.24. The molecular weight excluding hydrogens is 330 g/mol. The zero-order valence-corrected chi connectivity index (χ0v) is 15.1. The average Bonchev–Trinajstić information content (AvgIpc) is 2.99. The fourth-order valence-corrected chi connectivity index (χ4v) is 4.46. The Labute approximate surface area is 142 Å². The van der Waals surface area contributed by atoms with E-state index in [-0.39, 0.29) is 0 Å². The molecule has 0 aromatic carbocycles. The lowest BCUT2D eigenvalue weighted by molar-refractivity contribution is 0.329. The molecule has 3 heterocycles. The second-order valence-electron chi connectivity index (χ2n) is 5.75. The van der Waals surface area contributed by atoms with E-state index < -0.39 is 10.2 Å². The first-order chi connectivity index (χ1) is 11.5. The summed E-state index contributed by atoms with van der Waals surface area (Å²) in [6.07, 6.45) is 0. The molecule has 0 amide bonds. The molecule has 0 N–H and O–H groups in total. The van der Waals surface area contributed by atoms with Gasteiger partial charge in [-0.1, -0.05) is 13.8 Å². The molecule has 9 heteroatoms. The Morgan fingerprint density at radius 1 is 1.12 bits per heavy atom. The van der Waals surface area contributed by atoms with Crippen molar-refractivity contribution >= 4 is 27.5 Å². The third-order valence-corrected chi connectivity index (χ3v) is 6.44. The van der Waals surface area contributed by atoms with Crippen LogP contribution >= 0.6 is 0 Å². The molecule has 0 aliphatic carbocycles. The van der Waals surface area contributed by atoms with Crippen LogP contribution in [0.5, 0.6) is 0 Å². The van der Waals surface area contributed by atoms with Crippen LogP contribution in [0.15, 0.2) is 16.5 Å². The number of rotatable bonds is 5. The number of aryl methyl sites for hydroxylation is 1. The largest absolute Gasteiger partial charge is 0.422 e. The first kappa shape index (κ1) is 17.1. The van der Waals surface area contributed by atoms with Crippen molar-refractivity contribution in [3.8, 4) is 0 Å². The Bertz CT molecular complexity index is 808. The first-order valence-corrected chi connectivity index (χ1v) is 9.59. The number of oxazole rings is 1. The predicted molar refractivity (Wildman–Crippen MR) is 92.2 cm³/mol. The maximum absolute atomic E-state index is 12.6. The number of nitrogens with zero attached hydrogens (tertiary/aromatic N) is 5. The van der Waals surface area contributed by atoms with Crippen molar-refractivity contribution in [2.24, 2.45) is 0 Å². The number of piperazine rings is 1. The Morgan fingerprint density at radius 3 is 2.42 bits per heavy atom. The number of anilines is 1. The second kappa shape index (κ2) is 6.66. The lowest BCUT2D eigenvalue weighted by Gasteiger charge is -2.35. The molecule has 132 valence electrons. The molecule has 0 radical (unpaired) electrons. The Kier molecular flexibility index (Phi) is 4.75. The monoisotopic (exact) mass is 353 g/mol. The highest BCUT2D eigenvalue weighted by Crippen LogP contribution is 2.23. The highest BCUT2D eigenvalue weighted by Gasteiger charge is 2.32. The third kappa shape index (κ3) is 3.11. The first-order valence-electron chi connectivity index (χ1n) is 8.20. The van der Waals surface area contributed by atoms with Crippen LogP contribution in [0.3, 0.4) is 0 Å². The van der Waals surface area contributed by atoms with Gasteiger partial charge in [0.05, 0.1) is 0 Å². The van der Waals surface area contributed by atoms with E-state index in [9.17, 15) is 8.42 Å². The minimum Gasteiger partial charge on any atom is -0.422 e. The summed E-state index contributed by atoms with van der Waals surface area (Å²) < 4.78 is 33.9. The molecule has 0 saturated carbocycles. The van der Waals surface area contributed by atoms with E-state index in [2.05, 4.69) is 9.97 Å². The Hall–Kier alpha value is -1.71. The summed E-state index contributed by atoms with van der Waals surface area (Å²) in [5, 5.41) is 0. The van der Waals surface area contributed by atoms with Gasteiger partial charge in [0.25, 0.3) is 16.2 Å². The van der Waals surface area contributed by atoms with Crippen LogP contribution in [-0.4, -0.2) is 66.3 Å². The number of fused-ring (bicyclic) bond motifs is 1. The lowest BCUT2D eigenvalue weighted by Crippen LogP contribution is -2.53. The molecule has 3 rings (SSSR count). The fourth-order valence-electron chi connectivity index (χ4n) is 2.86. The van der Waals surface area contributed by atoms with E-state index in [1.807, 2.05) is 37.8 Å². The minimum absolute atomic E-state index is 0.421. The van der Waals surface area contributed by atoms with Crippen LogP contribution in [0.2, 0.25) is 0 Å². The van der Waals surface area contributed by atoms with Gasteiger partial charge in [-0.15, -0.1) is 0 Å². The summed E-state index contributed by atoms with van der Waals surface area (Å²) in [6, 6.07) is 4.24. The summed E-state index contributed by atoms with van der Waals surface area (Å²) in [5.74, 6) is 0. The van der Waals surface area contributed by atoms with Gasteiger partial charge in [0.1, 0.15) is 0 Å². The van der Waals surface area contributed by atoms with Crippen LogP contribution < -0.4 is 4.90 Å². The van der Waals surface area contributed by atoms with E-state index in [1.54, 1.807) is 0 Å². The van der Waals surface area contributed by atoms with E-state index in [0.717, 1.165) is 5.69 Å². The molecule has 0 unspecified atom stereocenters. The summed E-state index contributed by atoms with van der Waals surface area (Å²) in [4.78, 5) is 10.7. The number of pyridine rings is 1. The highest BCUT2D eigenvalue weighted by atomic mass is 32.2. The van der Waals surface area contributed by atoms with E-state index in [4.69, 9.17) is 4.42 Å². The molecule has 8 nitrogen and oxygen atoms in total. The van der Waals surface area contributed by atoms with Crippen LogP contribution in [-0.2, 0) is 10.2 Å². The van der Waals surface area contributed by atoms with Crippen LogP contribution in [0.4, 0.5) is 6.01 Å². The van der Waals surface area contributed by atoms with E-state index >= 15 is 0 Å². The quantitative estimate of drug-likeness (QED) is 0.804. The van der Waals surface area contributed by atoms with Crippen LogP contribution in [0.1, 0.15) is 19.5 Å². The second-order valence-corrected chi connectivity index (χ2v) is 7.68. The average molecular weight is 353 g/mol. The summed E-state index contributed by atoms with van der Waals surface area (Å²) >= 11 is 0. The van der Waals surface area contributed by atoms with Gasteiger partial charge in [-0.05, 0) is 19.1 Å². The highest BCUT2D eigenvalue weighted by molar-refractivity contribution is 7.86. The molecule has 0 atom stereocenters. The van der Waals surface area contributed by atoms with Gasteiger partial charge < -0.3 is 9.32 Å². The van der Waals surface area contributed by atoms with Gasteiger partial charge >= 0.3 is 0 Å². The van der Waals surface area contributed by atoms with Gasteiger partial charge in [0.15, 0.2) is 5.58 Å². The zero-order valence-electron chi connectivity index (χ0n) is 14.3. The molecule has 2 aromatic rings. The summed E-state index contributed by atoms with van der Waals surface area (Å²) in [6.45, 7) is 8.51. The maximum atomic E-state index is 12.6. The van der Waals surface area contributed by atoms with Crippen LogP contribution in [0, 0.1) is 6.92 Å². The molecule has 24 heavy (non-hydrogen) atoms. The van der Waals surface area contributed by atoms with Crippen molar-refractivity contribution in [1.82, 2.24) is 18.6 Å². The standard InChI is InChI=1S/C15H23N5O3S/c1-4-19(5-2)24(21,22)20-10-8-18(9-11-20)15-17-14-13(23-15)7-6-12(3)16-14/h6-7H,4-5,8-11H2,1-3H3. The normalized spacial score (nSPS) is 17.1. The van der Waals surface area contributed by atoms with Crippen molar-refractivity contribution in [2.45, 2.75) is 20.8 Å². The van der Waals surface area contributed by atoms with Gasteiger partial charge in [-0.2, -0.15) is 22.0 Å². The summed E-state index contributed by atoms with van der Waals surface area (Å²) in [7, 11) is -3.38. The number of hydrogen-bond acceptors (Lipinski definition) is 6. The summed E-state index contributed by atoms with van der Waals surface area (Å²) in [5.41, 5.74) is 2.12.